The first kappa shape index (κ1) is 12.8. The molecular formula is C8H3F7O. The molecule has 0 aromatic heterocycles. The van der Waals surface area contributed by atoms with Gasteiger partial charge in [-0.05, 0) is 0 Å². The highest BCUT2D eigenvalue weighted by atomic mass is 19.4. The van der Waals surface area contributed by atoms with E-state index >= 15 is 0 Å². The molecule has 1 aromatic rings. The third-order valence-corrected chi connectivity index (χ3v) is 1.73. The lowest BCUT2D eigenvalue weighted by molar-refractivity contribution is -0.208. The van der Waals surface area contributed by atoms with Gasteiger partial charge >= 0.3 is 6.18 Å². The zero-order valence-electron chi connectivity index (χ0n) is 7.25. The summed E-state index contributed by atoms with van der Waals surface area (Å²) in [5.74, 6) is -8.58. The molecule has 1 N–H and O–H groups in total. The fraction of sp³-hybridized carbons (Fsp3) is 0.250. The van der Waals surface area contributed by atoms with Crippen molar-refractivity contribution in [3.8, 4) is 0 Å². The Kier molecular flexibility index (Phi) is 3.13. The van der Waals surface area contributed by atoms with Gasteiger partial charge in [-0.25, -0.2) is 17.6 Å². The van der Waals surface area contributed by atoms with Crippen LogP contribution in [0.5, 0.6) is 0 Å². The van der Waals surface area contributed by atoms with Crippen molar-refractivity contribution in [1.29, 1.82) is 0 Å². The van der Waals surface area contributed by atoms with Crippen molar-refractivity contribution in [3.63, 3.8) is 0 Å². The van der Waals surface area contributed by atoms with E-state index in [-0.39, 0.29) is 6.07 Å². The molecule has 0 amide bonds. The van der Waals surface area contributed by atoms with Gasteiger partial charge in [-0.2, -0.15) is 13.2 Å². The van der Waals surface area contributed by atoms with Gasteiger partial charge in [0.25, 0.3) is 0 Å². The van der Waals surface area contributed by atoms with Crippen molar-refractivity contribution >= 4 is 0 Å². The Hall–Kier alpha value is -1.31. The number of benzene rings is 1. The van der Waals surface area contributed by atoms with E-state index in [1.807, 2.05) is 0 Å². The Morgan fingerprint density at radius 3 is 1.62 bits per heavy atom. The quantitative estimate of drug-likeness (QED) is 0.598. The normalized spacial score (nSPS) is 14.0. The predicted molar refractivity (Wildman–Crippen MR) is 37.3 cm³/mol. The highest BCUT2D eigenvalue weighted by Crippen LogP contribution is 2.36. The van der Waals surface area contributed by atoms with Crippen molar-refractivity contribution in [3.05, 3.63) is 34.9 Å². The number of rotatable bonds is 1. The Morgan fingerprint density at radius 1 is 0.938 bits per heavy atom. The van der Waals surface area contributed by atoms with E-state index in [0.717, 1.165) is 0 Å². The molecule has 0 saturated carbocycles. The largest absolute Gasteiger partial charge is 0.418 e. The SMILES string of the molecule is OC(c1c(F)c(F)cc(F)c1F)C(F)(F)F. The zero-order chi connectivity index (χ0) is 12.7. The molecule has 1 unspecified atom stereocenters. The third kappa shape index (κ3) is 2.11. The maximum atomic E-state index is 12.8. The second-order valence-electron chi connectivity index (χ2n) is 2.83. The summed E-state index contributed by atoms with van der Waals surface area (Å²) >= 11 is 0. The van der Waals surface area contributed by atoms with Crippen LogP contribution in [0.1, 0.15) is 11.7 Å². The molecule has 0 aliphatic carbocycles. The van der Waals surface area contributed by atoms with Crippen LogP contribution in [0.15, 0.2) is 6.07 Å². The Labute approximate surface area is 84.1 Å². The predicted octanol–water partition coefficient (Wildman–Crippen LogP) is 2.84. The molecule has 0 fully saturated rings. The van der Waals surface area contributed by atoms with Crippen molar-refractivity contribution in [2.45, 2.75) is 12.3 Å². The van der Waals surface area contributed by atoms with E-state index < -0.39 is 41.1 Å². The van der Waals surface area contributed by atoms with Gasteiger partial charge in [-0.15, -0.1) is 0 Å². The van der Waals surface area contributed by atoms with Crippen LogP contribution in [0.3, 0.4) is 0 Å². The second-order valence-corrected chi connectivity index (χ2v) is 2.83. The molecule has 0 aliphatic rings. The first-order valence-electron chi connectivity index (χ1n) is 3.74. The lowest BCUT2D eigenvalue weighted by Crippen LogP contribution is -2.23. The average molecular weight is 248 g/mol. The average Bonchev–Trinajstić information content (AvgIpc) is 2.13. The minimum absolute atomic E-state index is 0.253. The maximum absolute atomic E-state index is 12.8. The van der Waals surface area contributed by atoms with Gasteiger partial charge in [-0.1, -0.05) is 0 Å². The van der Waals surface area contributed by atoms with Crippen LogP contribution < -0.4 is 0 Å². The zero-order valence-corrected chi connectivity index (χ0v) is 7.25. The van der Waals surface area contributed by atoms with Crippen molar-refractivity contribution in [2.75, 3.05) is 0 Å². The fourth-order valence-electron chi connectivity index (χ4n) is 0.995. The standard InChI is InChI=1S/C8H3F7O/c9-2-1-3(10)6(12)4(5(2)11)7(16)8(13,14)15/h1,7,16H. The molecule has 16 heavy (non-hydrogen) atoms. The highest BCUT2D eigenvalue weighted by Gasteiger charge is 2.43. The van der Waals surface area contributed by atoms with Crippen LogP contribution >= 0.6 is 0 Å². The molecule has 1 nitrogen and oxygen atoms in total. The molecule has 1 aromatic carbocycles. The van der Waals surface area contributed by atoms with Crippen molar-refractivity contribution < 1.29 is 35.8 Å². The number of halogens is 7. The molecule has 1 rings (SSSR count). The van der Waals surface area contributed by atoms with Crippen molar-refractivity contribution in [2.24, 2.45) is 0 Å². The van der Waals surface area contributed by atoms with Gasteiger partial charge in [0.15, 0.2) is 29.4 Å². The van der Waals surface area contributed by atoms with Gasteiger partial charge in [0.2, 0.25) is 0 Å². The van der Waals surface area contributed by atoms with Crippen LogP contribution in [-0.2, 0) is 0 Å². The van der Waals surface area contributed by atoms with E-state index in [1.165, 1.54) is 0 Å². The first-order valence-corrected chi connectivity index (χ1v) is 3.74. The van der Waals surface area contributed by atoms with Gasteiger partial charge in [0.05, 0.1) is 5.56 Å². The van der Waals surface area contributed by atoms with E-state index in [2.05, 4.69) is 0 Å². The van der Waals surface area contributed by atoms with E-state index in [1.54, 1.807) is 0 Å². The molecule has 1 atom stereocenters. The number of hydrogen-bond donors (Lipinski definition) is 1. The molecule has 90 valence electrons. The molecular weight excluding hydrogens is 245 g/mol. The van der Waals surface area contributed by atoms with Crippen LogP contribution in [0.25, 0.3) is 0 Å². The summed E-state index contributed by atoms with van der Waals surface area (Å²) in [7, 11) is 0. The summed E-state index contributed by atoms with van der Waals surface area (Å²) in [6, 6.07) is -0.253. The molecule has 0 heterocycles. The topological polar surface area (TPSA) is 20.2 Å². The van der Waals surface area contributed by atoms with Crippen LogP contribution in [0, 0.1) is 23.3 Å². The van der Waals surface area contributed by atoms with E-state index in [0.29, 0.717) is 0 Å². The Balaban J connectivity index is 3.44. The lowest BCUT2D eigenvalue weighted by Gasteiger charge is -2.16. The molecule has 0 saturated heterocycles. The maximum Gasteiger partial charge on any atom is 0.418 e. The van der Waals surface area contributed by atoms with E-state index in [9.17, 15) is 30.7 Å². The van der Waals surface area contributed by atoms with Crippen LogP contribution in [-0.4, -0.2) is 11.3 Å². The smallest absolute Gasteiger partial charge is 0.379 e. The minimum atomic E-state index is -5.43. The monoisotopic (exact) mass is 248 g/mol. The summed E-state index contributed by atoms with van der Waals surface area (Å²) in [5, 5.41) is 8.53. The molecule has 0 spiro atoms. The third-order valence-electron chi connectivity index (χ3n) is 1.73. The number of hydrogen-bond acceptors (Lipinski definition) is 1. The first-order chi connectivity index (χ1) is 7.16. The lowest BCUT2D eigenvalue weighted by atomic mass is 10.1. The van der Waals surface area contributed by atoms with Crippen LogP contribution in [0.2, 0.25) is 0 Å². The molecule has 0 radical (unpaired) electrons. The van der Waals surface area contributed by atoms with Gasteiger partial charge in [-0.3, -0.25) is 0 Å². The number of alkyl halides is 3. The molecule has 0 aliphatic heterocycles. The van der Waals surface area contributed by atoms with Gasteiger partial charge < -0.3 is 5.11 Å². The number of aliphatic hydroxyl groups excluding tert-OH is 1. The summed E-state index contributed by atoms with van der Waals surface area (Å²) in [6.45, 7) is 0. The van der Waals surface area contributed by atoms with Gasteiger partial charge in [0, 0.05) is 6.07 Å². The summed E-state index contributed by atoms with van der Waals surface area (Å²) in [4.78, 5) is 0. The summed E-state index contributed by atoms with van der Waals surface area (Å²) in [5.41, 5.74) is -2.09. The van der Waals surface area contributed by atoms with Crippen molar-refractivity contribution in [1.82, 2.24) is 0 Å². The van der Waals surface area contributed by atoms with Gasteiger partial charge in [0.1, 0.15) is 0 Å². The fourth-order valence-corrected chi connectivity index (χ4v) is 0.995. The Bertz CT molecular complexity index is 386. The second kappa shape index (κ2) is 3.93. The summed E-state index contributed by atoms with van der Waals surface area (Å²) in [6.07, 6.45) is -9.06. The summed E-state index contributed by atoms with van der Waals surface area (Å²) < 4.78 is 86.4. The Morgan fingerprint density at radius 2 is 1.31 bits per heavy atom. The minimum Gasteiger partial charge on any atom is -0.379 e. The highest BCUT2D eigenvalue weighted by molar-refractivity contribution is 5.25. The van der Waals surface area contributed by atoms with E-state index in [4.69, 9.17) is 5.11 Å². The number of aliphatic hydroxyl groups is 1. The van der Waals surface area contributed by atoms with Crippen LogP contribution in [0.4, 0.5) is 30.7 Å². The molecule has 0 bridgehead atoms. The molecule has 8 heteroatoms.